The fourth-order valence-electron chi connectivity index (χ4n) is 2.98. The SMILES string of the molecule is CC[C@H](CNC(=O)[C@H](C)OC(=O)c1c(NC(C)=O)sc(C)c1C)c1ccccc1. The molecule has 0 aliphatic heterocycles. The van der Waals surface area contributed by atoms with Gasteiger partial charge in [0.2, 0.25) is 5.91 Å². The van der Waals surface area contributed by atoms with Crippen molar-refractivity contribution in [1.82, 2.24) is 5.32 Å². The van der Waals surface area contributed by atoms with Crippen LogP contribution in [0.15, 0.2) is 30.3 Å². The van der Waals surface area contributed by atoms with E-state index >= 15 is 0 Å². The Labute approximate surface area is 175 Å². The van der Waals surface area contributed by atoms with Gasteiger partial charge in [-0.2, -0.15) is 0 Å². The van der Waals surface area contributed by atoms with Crippen molar-refractivity contribution in [2.24, 2.45) is 0 Å². The van der Waals surface area contributed by atoms with Crippen LogP contribution in [0.3, 0.4) is 0 Å². The maximum Gasteiger partial charge on any atom is 0.342 e. The van der Waals surface area contributed by atoms with E-state index in [4.69, 9.17) is 4.74 Å². The van der Waals surface area contributed by atoms with E-state index < -0.39 is 12.1 Å². The van der Waals surface area contributed by atoms with Crippen LogP contribution in [0.5, 0.6) is 0 Å². The zero-order chi connectivity index (χ0) is 21.6. The average Bonchev–Trinajstić information content (AvgIpc) is 2.95. The Kier molecular flexibility index (Phi) is 7.96. The van der Waals surface area contributed by atoms with Crippen molar-refractivity contribution in [3.05, 3.63) is 51.9 Å². The fourth-order valence-corrected chi connectivity index (χ4v) is 4.08. The minimum Gasteiger partial charge on any atom is -0.449 e. The molecule has 2 N–H and O–H groups in total. The second-order valence-electron chi connectivity index (χ2n) is 6.98. The number of hydrogen-bond acceptors (Lipinski definition) is 5. The quantitative estimate of drug-likeness (QED) is 0.632. The molecule has 2 atom stereocenters. The first-order valence-electron chi connectivity index (χ1n) is 9.65. The van der Waals surface area contributed by atoms with E-state index in [1.165, 1.54) is 18.3 Å². The van der Waals surface area contributed by atoms with Crippen LogP contribution in [0.4, 0.5) is 5.00 Å². The molecular weight excluding hydrogens is 388 g/mol. The summed E-state index contributed by atoms with van der Waals surface area (Å²) in [7, 11) is 0. The van der Waals surface area contributed by atoms with Gasteiger partial charge in [-0.25, -0.2) is 4.79 Å². The number of aryl methyl sites for hydroxylation is 1. The predicted molar refractivity (Wildman–Crippen MR) is 115 cm³/mol. The molecule has 7 heteroatoms. The highest BCUT2D eigenvalue weighted by Gasteiger charge is 2.26. The van der Waals surface area contributed by atoms with Crippen molar-refractivity contribution in [2.45, 2.75) is 53.1 Å². The summed E-state index contributed by atoms with van der Waals surface area (Å²) in [4.78, 5) is 37.4. The highest BCUT2D eigenvalue weighted by molar-refractivity contribution is 7.16. The molecule has 0 aliphatic rings. The number of nitrogens with one attached hydrogen (secondary N) is 2. The van der Waals surface area contributed by atoms with Gasteiger partial charge < -0.3 is 15.4 Å². The summed E-state index contributed by atoms with van der Waals surface area (Å²) >= 11 is 1.31. The van der Waals surface area contributed by atoms with Gasteiger partial charge in [0.25, 0.3) is 5.91 Å². The van der Waals surface area contributed by atoms with Gasteiger partial charge in [0.15, 0.2) is 6.10 Å². The molecule has 0 radical (unpaired) electrons. The van der Waals surface area contributed by atoms with Crippen molar-refractivity contribution in [3.8, 4) is 0 Å². The molecule has 0 bridgehead atoms. The second kappa shape index (κ2) is 10.2. The van der Waals surface area contributed by atoms with E-state index in [1.807, 2.05) is 37.3 Å². The van der Waals surface area contributed by atoms with Crippen LogP contribution in [-0.2, 0) is 14.3 Å². The second-order valence-corrected chi connectivity index (χ2v) is 8.20. The van der Waals surface area contributed by atoms with Gasteiger partial charge in [0.1, 0.15) is 5.00 Å². The summed E-state index contributed by atoms with van der Waals surface area (Å²) in [5, 5.41) is 5.98. The van der Waals surface area contributed by atoms with E-state index in [0.29, 0.717) is 17.1 Å². The van der Waals surface area contributed by atoms with Crippen LogP contribution in [0, 0.1) is 13.8 Å². The Bertz CT molecular complexity index is 876. The van der Waals surface area contributed by atoms with E-state index in [9.17, 15) is 14.4 Å². The lowest BCUT2D eigenvalue weighted by molar-refractivity contribution is -0.129. The lowest BCUT2D eigenvalue weighted by atomic mass is 9.96. The zero-order valence-corrected chi connectivity index (χ0v) is 18.3. The fraction of sp³-hybridized carbons (Fsp3) is 0.409. The molecule has 156 valence electrons. The van der Waals surface area contributed by atoms with Gasteiger partial charge in [-0.3, -0.25) is 9.59 Å². The normalized spacial score (nSPS) is 12.7. The number of thiophene rings is 1. The van der Waals surface area contributed by atoms with Crippen molar-refractivity contribution >= 4 is 34.1 Å². The predicted octanol–water partition coefficient (Wildman–Crippen LogP) is 4.18. The number of anilines is 1. The Balaban J connectivity index is 2.01. The molecule has 1 heterocycles. The molecule has 0 unspecified atom stereocenters. The third-order valence-corrected chi connectivity index (χ3v) is 5.94. The standard InChI is InChI=1S/C22H28N2O4S/c1-6-17(18-10-8-7-9-11-18)12-23-20(26)14(3)28-22(27)19-13(2)15(4)29-21(19)24-16(5)25/h7-11,14,17H,6,12H2,1-5H3,(H,23,26)(H,24,25)/t14-,17+/m0/s1. The minimum atomic E-state index is -0.944. The summed E-state index contributed by atoms with van der Waals surface area (Å²) in [5.41, 5.74) is 2.20. The van der Waals surface area contributed by atoms with Crippen molar-refractivity contribution in [1.29, 1.82) is 0 Å². The van der Waals surface area contributed by atoms with Crippen molar-refractivity contribution in [3.63, 3.8) is 0 Å². The van der Waals surface area contributed by atoms with Gasteiger partial charge in [-0.05, 0) is 38.3 Å². The largest absolute Gasteiger partial charge is 0.449 e. The van der Waals surface area contributed by atoms with Crippen LogP contribution in [0.2, 0.25) is 0 Å². The zero-order valence-electron chi connectivity index (χ0n) is 17.5. The third kappa shape index (κ3) is 5.90. The summed E-state index contributed by atoms with van der Waals surface area (Å²) in [6, 6.07) is 9.98. The highest BCUT2D eigenvalue weighted by atomic mass is 32.1. The first-order valence-corrected chi connectivity index (χ1v) is 10.5. The van der Waals surface area contributed by atoms with Crippen LogP contribution < -0.4 is 10.6 Å². The highest BCUT2D eigenvalue weighted by Crippen LogP contribution is 2.33. The minimum absolute atomic E-state index is 0.191. The topological polar surface area (TPSA) is 84.5 Å². The van der Waals surface area contributed by atoms with Crippen LogP contribution in [0.25, 0.3) is 0 Å². The molecule has 2 aromatic rings. The smallest absolute Gasteiger partial charge is 0.342 e. The number of carbonyl (C=O) groups is 3. The molecule has 0 saturated heterocycles. The number of esters is 1. The first kappa shape index (κ1) is 22.6. The lowest BCUT2D eigenvalue weighted by Crippen LogP contribution is -2.38. The summed E-state index contributed by atoms with van der Waals surface area (Å²) in [6.07, 6.45) is -0.0631. The summed E-state index contributed by atoms with van der Waals surface area (Å²) in [6.45, 7) is 9.13. The Morgan fingerprint density at radius 3 is 2.38 bits per heavy atom. The molecule has 1 aromatic carbocycles. The number of rotatable bonds is 8. The average molecular weight is 417 g/mol. The molecule has 0 aliphatic carbocycles. The number of carbonyl (C=O) groups excluding carboxylic acids is 3. The number of ether oxygens (including phenoxy) is 1. The number of hydrogen-bond donors (Lipinski definition) is 2. The molecular formula is C22H28N2O4S. The maximum absolute atomic E-state index is 12.7. The summed E-state index contributed by atoms with van der Waals surface area (Å²) < 4.78 is 5.39. The van der Waals surface area contributed by atoms with E-state index in [1.54, 1.807) is 13.8 Å². The molecule has 1 aromatic heterocycles. The van der Waals surface area contributed by atoms with Gasteiger partial charge in [0.05, 0.1) is 5.56 Å². The van der Waals surface area contributed by atoms with Gasteiger partial charge in [0, 0.05) is 24.3 Å². The third-order valence-electron chi connectivity index (χ3n) is 4.82. The van der Waals surface area contributed by atoms with Crippen LogP contribution in [0.1, 0.15) is 59.5 Å². The Hall–Kier alpha value is -2.67. The molecule has 0 fully saturated rings. The van der Waals surface area contributed by atoms with Crippen molar-refractivity contribution in [2.75, 3.05) is 11.9 Å². The number of amides is 2. The Morgan fingerprint density at radius 2 is 1.79 bits per heavy atom. The van der Waals surface area contributed by atoms with Crippen LogP contribution in [-0.4, -0.2) is 30.4 Å². The number of benzene rings is 1. The van der Waals surface area contributed by atoms with Gasteiger partial charge >= 0.3 is 5.97 Å². The van der Waals surface area contributed by atoms with E-state index in [2.05, 4.69) is 17.6 Å². The maximum atomic E-state index is 12.7. The van der Waals surface area contributed by atoms with E-state index in [0.717, 1.165) is 22.4 Å². The Morgan fingerprint density at radius 1 is 1.14 bits per heavy atom. The van der Waals surface area contributed by atoms with Gasteiger partial charge in [-0.15, -0.1) is 11.3 Å². The molecule has 0 spiro atoms. The first-order chi connectivity index (χ1) is 13.7. The van der Waals surface area contributed by atoms with Crippen molar-refractivity contribution < 1.29 is 19.1 Å². The molecule has 6 nitrogen and oxygen atoms in total. The molecule has 29 heavy (non-hydrogen) atoms. The molecule has 2 rings (SSSR count). The molecule has 0 saturated carbocycles. The van der Waals surface area contributed by atoms with Gasteiger partial charge in [-0.1, -0.05) is 37.3 Å². The lowest BCUT2D eigenvalue weighted by Gasteiger charge is -2.19. The monoisotopic (exact) mass is 416 g/mol. The summed E-state index contributed by atoms with van der Waals surface area (Å²) in [5.74, 6) is -1.04. The molecule has 2 amide bonds. The van der Waals surface area contributed by atoms with E-state index in [-0.39, 0.29) is 17.7 Å². The van der Waals surface area contributed by atoms with Crippen LogP contribution >= 0.6 is 11.3 Å².